The van der Waals surface area contributed by atoms with Gasteiger partial charge in [-0.1, -0.05) is 26.8 Å². The van der Waals surface area contributed by atoms with Gasteiger partial charge in [-0.15, -0.1) is 0 Å². The van der Waals surface area contributed by atoms with Crippen LogP contribution in [0.3, 0.4) is 0 Å². The molecule has 6 heteroatoms. The van der Waals surface area contributed by atoms with Crippen LogP contribution < -0.4 is 11.1 Å². The van der Waals surface area contributed by atoms with E-state index < -0.39 is 17.6 Å². The van der Waals surface area contributed by atoms with Gasteiger partial charge in [-0.3, -0.25) is 4.79 Å². The lowest BCUT2D eigenvalue weighted by Gasteiger charge is -2.19. The van der Waals surface area contributed by atoms with Crippen LogP contribution in [0.4, 0.5) is 18.9 Å². The number of carbonyl (C=O) groups is 1. The number of benzene rings is 1. The number of amides is 1. The van der Waals surface area contributed by atoms with E-state index in [-0.39, 0.29) is 24.1 Å². The zero-order chi connectivity index (χ0) is 15.6. The highest BCUT2D eigenvalue weighted by Crippen LogP contribution is 2.35. The first kappa shape index (κ1) is 16.5. The number of anilines is 1. The minimum Gasteiger partial charge on any atom is -0.326 e. The number of nitrogens with two attached hydrogens (primary N) is 1. The van der Waals surface area contributed by atoms with Gasteiger partial charge in [0.25, 0.3) is 0 Å². The summed E-state index contributed by atoms with van der Waals surface area (Å²) in [6.07, 6.45) is -4.39. The third-order valence-electron chi connectivity index (χ3n) is 2.59. The van der Waals surface area contributed by atoms with Gasteiger partial charge in [0, 0.05) is 13.0 Å². The molecule has 1 rings (SSSR count). The van der Waals surface area contributed by atoms with Crippen LogP contribution in [0.25, 0.3) is 0 Å². The third-order valence-corrected chi connectivity index (χ3v) is 2.59. The van der Waals surface area contributed by atoms with Crippen LogP contribution in [-0.2, 0) is 17.5 Å². The average Bonchev–Trinajstić information content (AvgIpc) is 2.25. The summed E-state index contributed by atoms with van der Waals surface area (Å²) in [5.74, 6) is -0.441. The molecule has 0 aromatic heterocycles. The number of rotatable bonds is 3. The van der Waals surface area contributed by atoms with Crippen molar-refractivity contribution in [2.45, 2.75) is 39.9 Å². The Kier molecular flexibility index (Phi) is 4.81. The van der Waals surface area contributed by atoms with Crippen LogP contribution in [-0.4, -0.2) is 5.91 Å². The Labute approximate surface area is 116 Å². The highest BCUT2D eigenvalue weighted by Gasteiger charge is 2.34. The van der Waals surface area contributed by atoms with Crippen molar-refractivity contribution in [1.82, 2.24) is 0 Å². The standard InChI is InChI=1S/C14H19F3N2O/c1-13(2,3)7-12(20)19-11-5-4-9(8-18)6-10(11)14(15,16)17/h4-6H,7-8,18H2,1-3H3,(H,19,20). The molecular weight excluding hydrogens is 269 g/mol. The molecule has 0 atom stereocenters. The molecule has 1 aromatic carbocycles. The largest absolute Gasteiger partial charge is 0.418 e. The highest BCUT2D eigenvalue weighted by atomic mass is 19.4. The molecule has 0 spiro atoms. The van der Waals surface area contributed by atoms with Crippen molar-refractivity contribution < 1.29 is 18.0 Å². The van der Waals surface area contributed by atoms with E-state index in [1.54, 1.807) is 0 Å². The summed E-state index contributed by atoms with van der Waals surface area (Å²) in [6, 6.07) is 3.68. The summed E-state index contributed by atoms with van der Waals surface area (Å²) in [7, 11) is 0. The minimum atomic E-state index is -4.53. The fraction of sp³-hybridized carbons (Fsp3) is 0.500. The van der Waals surface area contributed by atoms with Crippen molar-refractivity contribution in [3.8, 4) is 0 Å². The van der Waals surface area contributed by atoms with E-state index >= 15 is 0 Å². The molecule has 0 unspecified atom stereocenters. The molecular formula is C14H19F3N2O. The van der Waals surface area contributed by atoms with E-state index in [2.05, 4.69) is 5.32 Å². The molecule has 0 radical (unpaired) electrons. The molecule has 3 nitrogen and oxygen atoms in total. The lowest BCUT2D eigenvalue weighted by molar-refractivity contribution is -0.137. The molecule has 1 amide bonds. The highest BCUT2D eigenvalue weighted by molar-refractivity contribution is 5.92. The zero-order valence-corrected chi connectivity index (χ0v) is 11.8. The van der Waals surface area contributed by atoms with Gasteiger partial charge in [-0.25, -0.2) is 0 Å². The van der Waals surface area contributed by atoms with Crippen molar-refractivity contribution >= 4 is 11.6 Å². The molecule has 0 aliphatic heterocycles. The zero-order valence-electron chi connectivity index (χ0n) is 11.8. The second-order valence-corrected chi connectivity index (χ2v) is 5.87. The Hall–Kier alpha value is -1.56. The van der Waals surface area contributed by atoms with Crippen LogP contribution in [0.1, 0.15) is 38.3 Å². The maximum atomic E-state index is 13.0. The monoisotopic (exact) mass is 288 g/mol. The Bertz CT molecular complexity index is 490. The predicted molar refractivity (Wildman–Crippen MR) is 72.0 cm³/mol. The van der Waals surface area contributed by atoms with Crippen molar-refractivity contribution in [2.24, 2.45) is 11.1 Å². The van der Waals surface area contributed by atoms with E-state index in [1.165, 1.54) is 12.1 Å². The second kappa shape index (κ2) is 5.83. The number of carbonyl (C=O) groups excluding carboxylic acids is 1. The molecule has 1 aromatic rings. The first-order chi connectivity index (χ1) is 9.03. The van der Waals surface area contributed by atoms with Gasteiger partial charge >= 0.3 is 6.18 Å². The van der Waals surface area contributed by atoms with Crippen LogP contribution in [0.15, 0.2) is 18.2 Å². The van der Waals surface area contributed by atoms with Gasteiger partial charge in [-0.2, -0.15) is 13.2 Å². The Morgan fingerprint density at radius 2 is 1.85 bits per heavy atom. The van der Waals surface area contributed by atoms with Crippen molar-refractivity contribution in [3.05, 3.63) is 29.3 Å². The number of alkyl halides is 3. The van der Waals surface area contributed by atoms with Crippen LogP contribution in [0, 0.1) is 5.41 Å². The molecule has 112 valence electrons. The van der Waals surface area contributed by atoms with Crippen LogP contribution in [0.2, 0.25) is 0 Å². The van der Waals surface area contributed by atoms with Gasteiger partial charge in [0.2, 0.25) is 5.91 Å². The smallest absolute Gasteiger partial charge is 0.326 e. The maximum Gasteiger partial charge on any atom is 0.418 e. The molecule has 0 aliphatic rings. The SMILES string of the molecule is CC(C)(C)CC(=O)Nc1ccc(CN)cc1C(F)(F)F. The quantitative estimate of drug-likeness (QED) is 0.893. The number of hydrogen-bond acceptors (Lipinski definition) is 2. The van der Waals surface area contributed by atoms with E-state index in [1.807, 2.05) is 20.8 Å². The number of hydrogen-bond donors (Lipinski definition) is 2. The molecule has 0 aliphatic carbocycles. The van der Waals surface area contributed by atoms with E-state index in [9.17, 15) is 18.0 Å². The average molecular weight is 288 g/mol. The second-order valence-electron chi connectivity index (χ2n) is 5.87. The molecule has 0 saturated heterocycles. The number of nitrogens with one attached hydrogen (secondary N) is 1. The molecule has 0 saturated carbocycles. The minimum absolute atomic E-state index is 0.0132. The van der Waals surface area contributed by atoms with Crippen LogP contribution in [0.5, 0.6) is 0 Å². The lowest BCUT2D eigenvalue weighted by atomic mass is 9.92. The van der Waals surface area contributed by atoms with Crippen molar-refractivity contribution in [1.29, 1.82) is 0 Å². The van der Waals surface area contributed by atoms with E-state index in [4.69, 9.17) is 5.73 Å². The van der Waals surface area contributed by atoms with E-state index in [0.29, 0.717) is 5.56 Å². The molecule has 20 heavy (non-hydrogen) atoms. The first-order valence-corrected chi connectivity index (χ1v) is 6.23. The predicted octanol–water partition coefficient (Wildman–Crippen LogP) is 3.54. The first-order valence-electron chi connectivity index (χ1n) is 6.23. The van der Waals surface area contributed by atoms with E-state index in [0.717, 1.165) is 6.07 Å². The van der Waals surface area contributed by atoms with Gasteiger partial charge in [-0.05, 0) is 23.1 Å². The fourth-order valence-corrected chi connectivity index (χ4v) is 1.74. The van der Waals surface area contributed by atoms with Crippen LogP contribution >= 0.6 is 0 Å². The van der Waals surface area contributed by atoms with Gasteiger partial charge in [0.1, 0.15) is 0 Å². The molecule has 0 fully saturated rings. The van der Waals surface area contributed by atoms with Gasteiger partial charge in [0.05, 0.1) is 11.3 Å². The summed E-state index contributed by atoms with van der Waals surface area (Å²) in [6.45, 7) is 5.54. The summed E-state index contributed by atoms with van der Waals surface area (Å²) in [5, 5.41) is 2.33. The van der Waals surface area contributed by atoms with Crippen molar-refractivity contribution in [2.75, 3.05) is 5.32 Å². The molecule has 0 bridgehead atoms. The number of halogens is 3. The third kappa shape index (κ3) is 4.85. The summed E-state index contributed by atoms with van der Waals surface area (Å²) in [5.41, 5.74) is 4.31. The summed E-state index contributed by atoms with van der Waals surface area (Å²) < 4.78 is 38.9. The summed E-state index contributed by atoms with van der Waals surface area (Å²) in [4.78, 5) is 11.8. The fourth-order valence-electron chi connectivity index (χ4n) is 1.74. The summed E-state index contributed by atoms with van der Waals surface area (Å²) >= 11 is 0. The lowest BCUT2D eigenvalue weighted by Crippen LogP contribution is -2.21. The maximum absolute atomic E-state index is 13.0. The van der Waals surface area contributed by atoms with Crippen molar-refractivity contribution in [3.63, 3.8) is 0 Å². The molecule has 0 heterocycles. The Morgan fingerprint density at radius 1 is 1.25 bits per heavy atom. The Morgan fingerprint density at radius 3 is 2.30 bits per heavy atom. The Balaban J connectivity index is 3.03. The normalized spacial score (nSPS) is 12.3. The topological polar surface area (TPSA) is 55.1 Å². The molecule has 3 N–H and O–H groups in total. The van der Waals surface area contributed by atoms with Gasteiger partial charge in [0.15, 0.2) is 0 Å². The van der Waals surface area contributed by atoms with Gasteiger partial charge < -0.3 is 11.1 Å².